The lowest BCUT2D eigenvalue weighted by Gasteiger charge is -2.34. The summed E-state index contributed by atoms with van der Waals surface area (Å²) in [5.41, 5.74) is 4.23. The summed E-state index contributed by atoms with van der Waals surface area (Å²) in [5, 5.41) is 14.8. The van der Waals surface area contributed by atoms with Crippen molar-refractivity contribution in [1.29, 1.82) is 0 Å². The van der Waals surface area contributed by atoms with Crippen LogP contribution in [0.2, 0.25) is 0 Å². The van der Waals surface area contributed by atoms with Crippen molar-refractivity contribution in [3.63, 3.8) is 0 Å². The largest absolute Gasteiger partial charge is 0.381 e. The predicted octanol–water partition coefficient (Wildman–Crippen LogP) is 3.56. The summed E-state index contributed by atoms with van der Waals surface area (Å²) < 4.78 is 1.66. The van der Waals surface area contributed by atoms with Gasteiger partial charge >= 0.3 is 0 Å². The fraction of sp³-hybridized carbons (Fsp3) is 0.391. The van der Waals surface area contributed by atoms with Crippen LogP contribution < -0.4 is 5.32 Å². The van der Waals surface area contributed by atoms with Gasteiger partial charge in [-0.3, -0.25) is 4.79 Å². The first-order valence-electron chi connectivity index (χ1n) is 10.5. The number of tetrazole rings is 1. The van der Waals surface area contributed by atoms with Crippen LogP contribution in [-0.4, -0.2) is 50.1 Å². The van der Waals surface area contributed by atoms with Gasteiger partial charge in [0.15, 0.2) is 0 Å². The first kappa shape index (κ1) is 20.1. The highest BCUT2D eigenvalue weighted by Crippen LogP contribution is 2.21. The molecule has 0 radical (unpaired) electrons. The van der Waals surface area contributed by atoms with E-state index in [2.05, 4.69) is 59.0 Å². The number of piperidine rings is 1. The molecule has 0 unspecified atom stereocenters. The summed E-state index contributed by atoms with van der Waals surface area (Å²) in [6, 6.07) is 16.6. The van der Waals surface area contributed by atoms with Crippen molar-refractivity contribution in [2.75, 3.05) is 18.4 Å². The fourth-order valence-electron chi connectivity index (χ4n) is 3.85. The number of nitrogens with one attached hydrogen (secondary N) is 1. The number of likely N-dealkylation sites (tertiary alicyclic amines) is 1. The van der Waals surface area contributed by atoms with Crippen molar-refractivity contribution < 1.29 is 4.79 Å². The minimum Gasteiger partial charge on any atom is -0.381 e. The number of rotatable bonds is 6. The molecule has 0 aliphatic carbocycles. The van der Waals surface area contributed by atoms with E-state index in [-0.39, 0.29) is 11.9 Å². The highest BCUT2D eigenvalue weighted by molar-refractivity contribution is 5.94. The van der Waals surface area contributed by atoms with Crippen LogP contribution in [-0.2, 0) is 6.54 Å². The molecule has 156 valence electrons. The van der Waals surface area contributed by atoms with Crippen LogP contribution in [0.3, 0.4) is 0 Å². The minimum absolute atomic E-state index is 0.0885. The Labute approximate surface area is 177 Å². The van der Waals surface area contributed by atoms with E-state index in [1.807, 2.05) is 29.2 Å². The lowest BCUT2D eigenvalue weighted by molar-refractivity contribution is 0.0715. The maximum Gasteiger partial charge on any atom is 0.253 e. The molecule has 0 saturated carbocycles. The Morgan fingerprint density at radius 2 is 1.90 bits per heavy atom. The summed E-state index contributed by atoms with van der Waals surface area (Å²) in [4.78, 5) is 15.0. The van der Waals surface area contributed by atoms with Crippen LogP contribution in [0.5, 0.6) is 0 Å². The van der Waals surface area contributed by atoms with Crippen molar-refractivity contribution in [2.24, 2.45) is 0 Å². The van der Waals surface area contributed by atoms with Crippen molar-refractivity contribution in [3.8, 4) is 0 Å². The van der Waals surface area contributed by atoms with E-state index >= 15 is 0 Å². The van der Waals surface area contributed by atoms with E-state index in [0.29, 0.717) is 12.5 Å². The lowest BCUT2D eigenvalue weighted by Crippen LogP contribution is -2.45. The quantitative estimate of drug-likeness (QED) is 0.680. The van der Waals surface area contributed by atoms with E-state index in [9.17, 15) is 4.79 Å². The fourth-order valence-corrected chi connectivity index (χ4v) is 3.85. The van der Waals surface area contributed by atoms with E-state index in [1.165, 1.54) is 5.56 Å². The van der Waals surface area contributed by atoms with Crippen LogP contribution in [0.25, 0.3) is 0 Å². The molecule has 0 spiro atoms. The van der Waals surface area contributed by atoms with Gasteiger partial charge in [-0.25, -0.2) is 4.68 Å². The molecule has 2 heterocycles. The summed E-state index contributed by atoms with van der Waals surface area (Å²) in [6.45, 7) is 6.51. The van der Waals surface area contributed by atoms with Crippen molar-refractivity contribution in [1.82, 2.24) is 25.1 Å². The van der Waals surface area contributed by atoms with Crippen LogP contribution in [0.1, 0.15) is 54.1 Å². The molecule has 2 aromatic carbocycles. The molecule has 1 N–H and O–H groups in total. The van der Waals surface area contributed by atoms with Gasteiger partial charge in [-0.2, -0.15) is 0 Å². The smallest absolute Gasteiger partial charge is 0.253 e. The molecular formula is C23H28N6O. The highest BCUT2D eigenvalue weighted by atomic mass is 16.2. The molecule has 1 saturated heterocycles. The third-order valence-electron chi connectivity index (χ3n) is 5.59. The number of amides is 1. The average Bonchev–Trinajstić information content (AvgIpc) is 3.27. The zero-order chi connectivity index (χ0) is 20.9. The zero-order valence-electron chi connectivity index (χ0n) is 17.5. The summed E-state index contributed by atoms with van der Waals surface area (Å²) >= 11 is 0. The Morgan fingerprint density at radius 1 is 1.13 bits per heavy atom. The van der Waals surface area contributed by atoms with Gasteiger partial charge in [-0.05, 0) is 64.6 Å². The number of benzene rings is 2. The van der Waals surface area contributed by atoms with Crippen molar-refractivity contribution in [2.45, 2.75) is 45.2 Å². The van der Waals surface area contributed by atoms with Crippen LogP contribution in [0, 0.1) is 0 Å². The van der Waals surface area contributed by atoms with E-state index < -0.39 is 0 Å². The SMILES string of the molecule is CC(C)c1ccc(N[C@@H]2CCCN(C(=O)c3ccc(Cn4cnnn4)cc3)C2)cc1. The summed E-state index contributed by atoms with van der Waals surface area (Å²) in [6.07, 6.45) is 3.65. The topological polar surface area (TPSA) is 75.9 Å². The standard InChI is InChI=1S/C23H28N6O/c1-17(2)19-9-11-21(12-10-19)25-22-4-3-13-28(15-22)23(30)20-7-5-18(6-8-20)14-29-16-24-26-27-29/h5-12,16-17,22,25H,3-4,13-15H2,1-2H3/t22-/m1/s1. The van der Waals surface area contributed by atoms with Crippen molar-refractivity contribution >= 4 is 11.6 Å². The van der Waals surface area contributed by atoms with Crippen molar-refractivity contribution in [3.05, 3.63) is 71.5 Å². The van der Waals surface area contributed by atoms with Gasteiger partial charge in [-0.1, -0.05) is 38.1 Å². The Morgan fingerprint density at radius 3 is 2.57 bits per heavy atom. The number of nitrogens with zero attached hydrogens (tertiary/aromatic N) is 5. The van der Waals surface area contributed by atoms with Gasteiger partial charge in [0.1, 0.15) is 6.33 Å². The van der Waals surface area contributed by atoms with E-state index in [0.717, 1.165) is 42.7 Å². The molecule has 4 rings (SSSR count). The Bertz CT molecular complexity index is 950. The third-order valence-corrected chi connectivity index (χ3v) is 5.59. The monoisotopic (exact) mass is 404 g/mol. The normalized spacial score (nSPS) is 16.6. The van der Waals surface area contributed by atoms with Gasteiger partial charge in [0.25, 0.3) is 5.91 Å². The highest BCUT2D eigenvalue weighted by Gasteiger charge is 2.24. The second kappa shape index (κ2) is 9.07. The number of carbonyl (C=O) groups excluding carboxylic acids is 1. The molecule has 1 fully saturated rings. The van der Waals surface area contributed by atoms with E-state index in [1.54, 1.807) is 11.0 Å². The third kappa shape index (κ3) is 4.84. The second-order valence-electron chi connectivity index (χ2n) is 8.22. The maximum atomic E-state index is 13.0. The van der Waals surface area contributed by atoms with Crippen LogP contribution in [0.4, 0.5) is 5.69 Å². The first-order chi connectivity index (χ1) is 14.6. The zero-order valence-corrected chi connectivity index (χ0v) is 17.5. The molecule has 1 aromatic heterocycles. The molecule has 7 nitrogen and oxygen atoms in total. The molecule has 3 aromatic rings. The van der Waals surface area contributed by atoms with Gasteiger partial charge in [0, 0.05) is 30.4 Å². The number of anilines is 1. The first-order valence-corrected chi connectivity index (χ1v) is 10.5. The summed E-state index contributed by atoms with van der Waals surface area (Å²) in [7, 11) is 0. The Balaban J connectivity index is 1.36. The number of hydrogen-bond donors (Lipinski definition) is 1. The molecule has 1 amide bonds. The van der Waals surface area contributed by atoms with E-state index in [4.69, 9.17) is 0 Å². The van der Waals surface area contributed by atoms with Gasteiger partial charge < -0.3 is 10.2 Å². The lowest BCUT2D eigenvalue weighted by atomic mass is 10.0. The Hall–Kier alpha value is -3.22. The molecule has 1 aliphatic rings. The number of carbonyl (C=O) groups is 1. The molecule has 30 heavy (non-hydrogen) atoms. The van der Waals surface area contributed by atoms with Crippen LogP contribution >= 0.6 is 0 Å². The minimum atomic E-state index is 0.0885. The van der Waals surface area contributed by atoms with Gasteiger partial charge in [0.05, 0.1) is 6.54 Å². The second-order valence-corrected chi connectivity index (χ2v) is 8.22. The molecule has 0 bridgehead atoms. The number of aromatic nitrogens is 4. The molecule has 1 aliphatic heterocycles. The van der Waals surface area contributed by atoms with Gasteiger partial charge in [-0.15, -0.1) is 5.10 Å². The van der Waals surface area contributed by atoms with Crippen LogP contribution in [0.15, 0.2) is 54.9 Å². The molecule has 7 heteroatoms. The molecular weight excluding hydrogens is 376 g/mol. The summed E-state index contributed by atoms with van der Waals surface area (Å²) in [5.74, 6) is 0.617. The molecule has 1 atom stereocenters. The average molecular weight is 405 g/mol. The maximum absolute atomic E-state index is 13.0. The Kier molecular flexibility index (Phi) is 6.07. The van der Waals surface area contributed by atoms with Gasteiger partial charge in [0.2, 0.25) is 0 Å². The number of hydrogen-bond acceptors (Lipinski definition) is 5. The predicted molar refractivity (Wildman–Crippen MR) is 116 cm³/mol.